The maximum atomic E-state index is 12.2. The van der Waals surface area contributed by atoms with Crippen LogP contribution in [0, 0.1) is 17.2 Å². The van der Waals surface area contributed by atoms with Gasteiger partial charge < -0.3 is 5.73 Å². The minimum absolute atomic E-state index is 0.0779. The van der Waals surface area contributed by atoms with Crippen LogP contribution in [0.1, 0.15) is 25.0 Å². The topological polar surface area (TPSA) is 109 Å². The van der Waals surface area contributed by atoms with Crippen molar-refractivity contribution >= 4 is 10.0 Å². The van der Waals surface area contributed by atoms with Gasteiger partial charge in [0.2, 0.25) is 10.0 Å². The molecule has 1 saturated carbocycles. The maximum Gasteiger partial charge on any atom is 0.242 e. The maximum absolute atomic E-state index is 12.2. The van der Waals surface area contributed by atoms with Crippen LogP contribution in [0.15, 0.2) is 23.2 Å². The summed E-state index contributed by atoms with van der Waals surface area (Å²) >= 11 is 0. The van der Waals surface area contributed by atoms with Crippen LogP contribution >= 0.6 is 0 Å². The molecule has 1 aromatic rings. The largest absolute Gasteiger partial charge is 0.330 e. The summed E-state index contributed by atoms with van der Waals surface area (Å²) in [7, 11) is -3.59. The third-order valence-corrected chi connectivity index (χ3v) is 4.90. The second-order valence-corrected chi connectivity index (χ2v) is 6.36. The van der Waals surface area contributed by atoms with Crippen LogP contribution < -0.4 is 10.5 Å². The molecule has 0 spiro atoms. The van der Waals surface area contributed by atoms with E-state index >= 15 is 0 Å². The summed E-state index contributed by atoms with van der Waals surface area (Å²) in [5.74, 6) is 0.195. The van der Waals surface area contributed by atoms with Gasteiger partial charge in [0, 0.05) is 12.2 Å². The van der Waals surface area contributed by atoms with Crippen molar-refractivity contribution in [2.45, 2.75) is 30.2 Å². The third kappa shape index (κ3) is 3.10. The molecule has 0 bridgehead atoms. The van der Waals surface area contributed by atoms with E-state index in [4.69, 9.17) is 11.0 Å². The third-order valence-electron chi connectivity index (χ3n) is 3.43. The van der Waals surface area contributed by atoms with Crippen molar-refractivity contribution in [2.75, 3.05) is 6.54 Å². The first-order valence-corrected chi connectivity index (χ1v) is 7.63. The number of nitrogens with two attached hydrogens (primary N) is 1. The van der Waals surface area contributed by atoms with Gasteiger partial charge in [-0.15, -0.1) is 0 Å². The number of nitrogens with zero attached hydrogens (tertiary/aromatic N) is 2. The highest BCUT2D eigenvalue weighted by Gasteiger charge is 2.30. The number of nitriles is 1. The van der Waals surface area contributed by atoms with E-state index in [0.717, 1.165) is 19.3 Å². The van der Waals surface area contributed by atoms with E-state index in [0.29, 0.717) is 6.54 Å². The van der Waals surface area contributed by atoms with Gasteiger partial charge in [-0.05, 0) is 37.4 Å². The number of rotatable bonds is 4. The van der Waals surface area contributed by atoms with E-state index in [9.17, 15) is 8.42 Å². The Balaban J connectivity index is 2.15. The zero-order valence-corrected chi connectivity index (χ0v) is 11.2. The Kier molecular flexibility index (Phi) is 4.14. The zero-order valence-electron chi connectivity index (χ0n) is 10.4. The molecule has 0 radical (unpaired) electrons. The van der Waals surface area contributed by atoms with Gasteiger partial charge in [-0.3, -0.25) is 0 Å². The molecule has 1 fully saturated rings. The van der Waals surface area contributed by atoms with Crippen molar-refractivity contribution < 1.29 is 8.42 Å². The fourth-order valence-corrected chi connectivity index (χ4v) is 3.63. The average molecular weight is 280 g/mol. The van der Waals surface area contributed by atoms with Crippen molar-refractivity contribution in [3.05, 3.63) is 24.0 Å². The average Bonchev–Trinajstić information content (AvgIpc) is 2.85. The van der Waals surface area contributed by atoms with Gasteiger partial charge in [0.05, 0.1) is 0 Å². The SMILES string of the molecule is N#Cc1ccc(S(=O)(=O)NC2CCCC2CN)cn1. The van der Waals surface area contributed by atoms with Crippen LogP contribution in [0.4, 0.5) is 0 Å². The molecule has 6 nitrogen and oxygen atoms in total. The fraction of sp³-hybridized carbons (Fsp3) is 0.500. The molecule has 7 heteroatoms. The molecular weight excluding hydrogens is 264 g/mol. The molecule has 0 saturated heterocycles. The molecular formula is C12H16N4O2S. The first-order valence-electron chi connectivity index (χ1n) is 6.15. The van der Waals surface area contributed by atoms with E-state index in [1.54, 1.807) is 0 Å². The van der Waals surface area contributed by atoms with Crippen LogP contribution in [-0.4, -0.2) is 26.0 Å². The molecule has 0 aromatic carbocycles. The lowest BCUT2D eigenvalue weighted by molar-refractivity contribution is 0.453. The minimum atomic E-state index is -3.59. The van der Waals surface area contributed by atoms with Crippen LogP contribution in [0.25, 0.3) is 0 Å². The predicted molar refractivity (Wildman–Crippen MR) is 69.5 cm³/mol. The van der Waals surface area contributed by atoms with Gasteiger partial charge in [0.15, 0.2) is 0 Å². The Morgan fingerprint density at radius 1 is 1.47 bits per heavy atom. The predicted octanol–water partition coefficient (Wildman–Crippen LogP) is 0.359. The normalized spacial score (nSPS) is 23.2. The molecule has 2 unspecified atom stereocenters. The van der Waals surface area contributed by atoms with Crippen molar-refractivity contribution in [1.29, 1.82) is 5.26 Å². The second kappa shape index (κ2) is 5.65. The lowest BCUT2D eigenvalue weighted by Crippen LogP contribution is -2.39. The van der Waals surface area contributed by atoms with E-state index in [2.05, 4.69) is 9.71 Å². The molecule has 0 aliphatic heterocycles. The molecule has 2 rings (SSSR count). The number of pyridine rings is 1. The van der Waals surface area contributed by atoms with E-state index in [1.807, 2.05) is 6.07 Å². The Morgan fingerprint density at radius 3 is 2.84 bits per heavy atom. The molecule has 1 heterocycles. The van der Waals surface area contributed by atoms with Crippen molar-refractivity contribution in [3.63, 3.8) is 0 Å². The van der Waals surface area contributed by atoms with Gasteiger partial charge in [0.25, 0.3) is 0 Å². The molecule has 1 aromatic heterocycles. The number of hydrogen-bond donors (Lipinski definition) is 2. The Labute approximate surface area is 112 Å². The smallest absolute Gasteiger partial charge is 0.242 e. The highest BCUT2D eigenvalue weighted by atomic mass is 32.2. The van der Waals surface area contributed by atoms with E-state index in [1.165, 1.54) is 18.3 Å². The molecule has 3 N–H and O–H groups in total. The number of nitrogens with one attached hydrogen (secondary N) is 1. The van der Waals surface area contributed by atoms with E-state index in [-0.39, 0.29) is 22.5 Å². The molecule has 1 aliphatic rings. The summed E-state index contributed by atoms with van der Waals surface area (Å²) in [5.41, 5.74) is 5.83. The van der Waals surface area contributed by atoms with E-state index < -0.39 is 10.0 Å². The van der Waals surface area contributed by atoms with Gasteiger partial charge in [0.1, 0.15) is 16.7 Å². The monoisotopic (exact) mass is 280 g/mol. The Hall–Kier alpha value is -1.49. The van der Waals surface area contributed by atoms with Crippen molar-refractivity contribution in [1.82, 2.24) is 9.71 Å². The molecule has 2 atom stereocenters. The first kappa shape index (κ1) is 13.9. The summed E-state index contributed by atoms with van der Waals surface area (Å²) in [4.78, 5) is 3.85. The van der Waals surface area contributed by atoms with Crippen LogP contribution in [0.5, 0.6) is 0 Å². The molecule has 102 valence electrons. The zero-order chi connectivity index (χ0) is 13.9. The van der Waals surface area contributed by atoms with Crippen LogP contribution in [-0.2, 0) is 10.0 Å². The van der Waals surface area contributed by atoms with Crippen molar-refractivity contribution in [2.24, 2.45) is 11.7 Å². The Bertz CT molecular complexity index is 577. The van der Waals surface area contributed by atoms with Gasteiger partial charge >= 0.3 is 0 Å². The molecule has 0 amide bonds. The lowest BCUT2D eigenvalue weighted by Gasteiger charge is -2.19. The quantitative estimate of drug-likeness (QED) is 0.827. The fourth-order valence-electron chi connectivity index (χ4n) is 2.35. The Morgan fingerprint density at radius 2 is 2.26 bits per heavy atom. The van der Waals surface area contributed by atoms with Gasteiger partial charge in [-0.25, -0.2) is 18.1 Å². The summed E-state index contributed by atoms with van der Waals surface area (Å²) in [6.07, 6.45) is 3.95. The highest BCUT2D eigenvalue weighted by Crippen LogP contribution is 2.26. The number of sulfonamides is 1. The summed E-state index contributed by atoms with van der Waals surface area (Å²) < 4.78 is 27.0. The highest BCUT2D eigenvalue weighted by molar-refractivity contribution is 7.89. The van der Waals surface area contributed by atoms with Crippen LogP contribution in [0.3, 0.4) is 0 Å². The second-order valence-electron chi connectivity index (χ2n) is 4.65. The summed E-state index contributed by atoms with van der Waals surface area (Å²) in [6, 6.07) is 4.53. The molecule has 1 aliphatic carbocycles. The van der Waals surface area contributed by atoms with Gasteiger partial charge in [-0.2, -0.15) is 5.26 Å². The van der Waals surface area contributed by atoms with Crippen molar-refractivity contribution in [3.8, 4) is 6.07 Å². The number of aromatic nitrogens is 1. The standard InChI is InChI=1S/C12H16N4O2S/c13-6-9-2-1-3-12(9)16-19(17,18)11-5-4-10(7-14)15-8-11/h4-5,8-9,12,16H,1-3,6,13H2. The van der Waals surface area contributed by atoms with Crippen LogP contribution in [0.2, 0.25) is 0 Å². The first-order chi connectivity index (χ1) is 9.06. The summed E-state index contributed by atoms with van der Waals surface area (Å²) in [6.45, 7) is 0.485. The lowest BCUT2D eigenvalue weighted by atomic mass is 10.1. The minimum Gasteiger partial charge on any atom is -0.330 e. The number of hydrogen-bond acceptors (Lipinski definition) is 5. The summed E-state index contributed by atoms with van der Waals surface area (Å²) in [5, 5.41) is 8.64. The molecule has 19 heavy (non-hydrogen) atoms. The van der Waals surface area contributed by atoms with Gasteiger partial charge in [-0.1, -0.05) is 6.42 Å².